The minimum absolute atomic E-state index is 0.117. The number of hydrogen-bond acceptors (Lipinski definition) is 3. The standard InChI is InChI=1S/C8H20N.C6H11F3O3S/c1-5-9(6-2,7-3)8-4;1-2-3-4-5(7)6(8,9)13(10,11)12/h5-8H2,1-4H3;5H,2-4H2,1H3,(H,10,11,12)/q+1;/p-1. The predicted molar refractivity (Wildman–Crippen MR) is 81.5 cm³/mol. The van der Waals surface area contributed by atoms with Gasteiger partial charge in [-0.2, -0.15) is 8.78 Å². The molecule has 0 aromatic heterocycles. The minimum atomic E-state index is -5.89. The van der Waals surface area contributed by atoms with Gasteiger partial charge in [0.15, 0.2) is 16.3 Å². The molecule has 0 saturated heterocycles. The molecule has 8 heteroatoms. The zero-order valence-corrected chi connectivity index (χ0v) is 15.1. The number of halogens is 3. The number of alkyl halides is 3. The zero-order valence-electron chi connectivity index (χ0n) is 14.2. The molecule has 0 fully saturated rings. The van der Waals surface area contributed by atoms with Crippen LogP contribution in [0.5, 0.6) is 0 Å². The highest BCUT2D eigenvalue weighted by Crippen LogP contribution is 2.30. The van der Waals surface area contributed by atoms with Gasteiger partial charge >= 0.3 is 5.25 Å². The van der Waals surface area contributed by atoms with Crippen molar-refractivity contribution in [1.82, 2.24) is 0 Å². The highest BCUT2D eigenvalue weighted by atomic mass is 32.2. The lowest BCUT2D eigenvalue weighted by Crippen LogP contribution is -2.47. The molecule has 0 aliphatic carbocycles. The van der Waals surface area contributed by atoms with Gasteiger partial charge in [-0.3, -0.25) is 0 Å². The average Bonchev–Trinajstić information content (AvgIpc) is 2.47. The first-order chi connectivity index (χ1) is 9.97. The van der Waals surface area contributed by atoms with Gasteiger partial charge in [0.25, 0.3) is 0 Å². The molecular weight excluding hydrogens is 319 g/mol. The van der Waals surface area contributed by atoms with E-state index in [1.165, 1.54) is 30.7 Å². The molecule has 4 nitrogen and oxygen atoms in total. The smallest absolute Gasteiger partial charge is 0.364 e. The van der Waals surface area contributed by atoms with Crippen LogP contribution in [0.3, 0.4) is 0 Å². The Kier molecular flexibility index (Phi) is 11.3. The van der Waals surface area contributed by atoms with Crippen molar-refractivity contribution in [2.45, 2.75) is 65.3 Å². The van der Waals surface area contributed by atoms with Crippen LogP contribution < -0.4 is 0 Å². The van der Waals surface area contributed by atoms with Crippen LogP contribution in [0.2, 0.25) is 0 Å². The first kappa shape index (κ1) is 23.9. The third kappa shape index (κ3) is 7.28. The predicted octanol–water partition coefficient (Wildman–Crippen LogP) is 3.54. The van der Waals surface area contributed by atoms with E-state index in [4.69, 9.17) is 0 Å². The lowest BCUT2D eigenvalue weighted by atomic mass is 10.2. The summed E-state index contributed by atoms with van der Waals surface area (Å²) in [5.74, 6) is 0. The maximum Gasteiger partial charge on any atom is 0.364 e. The number of hydrogen-bond donors (Lipinski definition) is 0. The Morgan fingerprint density at radius 2 is 1.36 bits per heavy atom. The van der Waals surface area contributed by atoms with Gasteiger partial charge in [-0.1, -0.05) is 19.8 Å². The quantitative estimate of drug-likeness (QED) is 0.473. The van der Waals surface area contributed by atoms with Crippen LogP contribution in [0.4, 0.5) is 13.2 Å². The number of unbranched alkanes of at least 4 members (excludes halogenated alkanes) is 1. The van der Waals surface area contributed by atoms with E-state index in [0.29, 0.717) is 6.42 Å². The van der Waals surface area contributed by atoms with Gasteiger partial charge in [0, 0.05) is 0 Å². The molecule has 0 bridgehead atoms. The normalized spacial score (nSPS) is 14.2. The second-order valence-electron chi connectivity index (χ2n) is 5.23. The van der Waals surface area contributed by atoms with Crippen LogP contribution in [0.15, 0.2) is 0 Å². The Morgan fingerprint density at radius 3 is 1.55 bits per heavy atom. The van der Waals surface area contributed by atoms with E-state index in [2.05, 4.69) is 27.7 Å². The molecule has 0 aromatic carbocycles. The molecule has 22 heavy (non-hydrogen) atoms. The molecule has 0 aromatic rings. The monoisotopic (exact) mass is 349 g/mol. The molecule has 0 aliphatic heterocycles. The van der Waals surface area contributed by atoms with Gasteiger partial charge in [-0.05, 0) is 34.1 Å². The van der Waals surface area contributed by atoms with Gasteiger partial charge in [-0.25, -0.2) is 12.8 Å². The molecule has 0 aliphatic rings. The summed E-state index contributed by atoms with van der Waals surface area (Å²) in [6.07, 6.45) is -2.96. The van der Waals surface area contributed by atoms with E-state index < -0.39 is 28.0 Å². The maximum atomic E-state index is 12.5. The first-order valence-corrected chi connectivity index (χ1v) is 9.21. The van der Waals surface area contributed by atoms with Crippen molar-refractivity contribution in [1.29, 1.82) is 0 Å². The highest BCUT2D eigenvalue weighted by molar-refractivity contribution is 7.86. The summed E-state index contributed by atoms with van der Waals surface area (Å²) in [6.45, 7) is 15.9. The Morgan fingerprint density at radius 1 is 1.00 bits per heavy atom. The third-order valence-electron chi connectivity index (χ3n) is 4.19. The van der Waals surface area contributed by atoms with Gasteiger partial charge in [0.1, 0.15) is 0 Å². The summed E-state index contributed by atoms with van der Waals surface area (Å²) < 4.78 is 68.3. The van der Waals surface area contributed by atoms with Gasteiger partial charge < -0.3 is 9.04 Å². The van der Waals surface area contributed by atoms with E-state index in [-0.39, 0.29) is 6.42 Å². The molecule has 0 N–H and O–H groups in total. The molecule has 0 saturated carbocycles. The number of nitrogens with zero attached hydrogens (tertiary/aromatic N) is 1. The summed E-state index contributed by atoms with van der Waals surface area (Å²) in [6, 6.07) is 0. The van der Waals surface area contributed by atoms with Crippen LogP contribution in [0, 0.1) is 0 Å². The maximum absolute atomic E-state index is 12.5. The fourth-order valence-electron chi connectivity index (χ4n) is 2.05. The summed E-state index contributed by atoms with van der Waals surface area (Å²) >= 11 is 0. The van der Waals surface area contributed by atoms with Gasteiger partial charge in [0.2, 0.25) is 0 Å². The largest absolute Gasteiger partial charge is 0.743 e. The van der Waals surface area contributed by atoms with Crippen LogP contribution in [0.25, 0.3) is 0 Å². The Hall–Kier alpha value is -0.340. The van der Waals surface area contributed by atoms with Crippen molar-refractivity contribution in [2.24, 2.45) is 0 Å². The molecule has 0 amide bonds. The number of rotatable bonds is 9. The van der Waals surface area contributed by atoms with Crippen LogP contribution >= 0.6 is 0 Å². The van der Waals surface area contributed by atoms with E-state index >= 15 is 0 Å². The van der Waals surface area contributed by atoms with E-state index in [9.17, 15) is 26.1 Å². The molecule has 0 rings (SSSR count). The second-order valence-corrected chi connectivity index (χ2v) is 6.68. The summed E-state index contributed by atoms with van der Waals surface area (Å²) in [5.41, 5.74) is 0. The van der Waals surface area contributed by atoms with E-state index in [1.807, 2.05) is 0 Å². The molecule has 0 radical (unpaired) electrons. The first-order valence-electron chi connectivity index (χ1n) is 7.80. The molecule has 1 atom stereocenters. The van der Waals surface area contributed by atoms with Crippen molar-refractivity contribution in [3.63, 3.8) is 0 Å². The average molecular weight is 349 g/mol. The molecular formula is C14H30F3NO3S. The topological polar surface area (TPSA) is 57.2 Å². The van der Waals surface area contributed by atoms with Gasteiger partial charge in [-0.15, -0.1) is 0 Å². The van der Waals surface area contributed by atoms with Crippen molar-refractivity contribution >= 4 is 10.1 Å². The van der Waals surface area contributed by atoms with Crippen LogP contribution in [-0.2, 0) is 10.1 Å². The van der Waals surface area contributed by atoms with Crippen molar-refractivity contribution in [3.8, 4) is 0 Å². The van der Waals surface area contributed by atoms with Crippen molar-refractivity contribution < 1.29 is 30.6 Å². The lowest BCUT2D eigenvalue weighted by molar-refractivity contribution is -0.921. The SMILES string of the molecule is CCCCC(F)C(F)(F)S(=O)(=O)[O-].CC[N+](CC)(CC)CC. The molecule has 0 spiro atoms. The van der Waals surface area contributed by atoms with Gasteiger partial charge in [0.05, 0.1) is 26.2 Å². The Balaban J connectivity index is 0. The molecule has 136 valence electrons. The van der Waals surface area contributed by atoms with Crippen molar-refractivity contribution in [3.05, 3.63) is 0 Å². The summed E-state index contributed by atoms with van der Waals surface area (Å²) in [5, 5.41) is -4.80. The fourth-order valence-corrected chi connectivity index (χ4v) is 2.48. The third-order valence-corrected chi connectivity index (χ3v) is 5.11. The zero-order chi connectivity index (χ0) is 18.0. The molecule has 0 heterocycles. The second kappa shape index (κ2) is 10.4. The Bertz CT molecular complexity index is 367. The van der Waals surface area contributed by atoms with E-state index in [0.717, 1.165) is 0 Å². The Labute approximate surface area is 133 Å². The highest BCUT2D eigenvalue weighted by Gasteiger charge is 2.46. The minimum Gasteiger partial charge on any atom is -0.743 e. The van der Waals surface area contributed by atoms with Crippen molar-refractivity contribution in [2.75, 3.05) is 26.2 Å². The molecule has 1 unspecified atom stereocenters. The summed E-state index contributed by atoms with van der Waals surface area (Å²) in [4.78, 5) is 0. The van der Waals surface area contributed by atoms with E-state index in [1.54, 1.807) is 6.92 Å². The van der Waals surface area contributed by atoms with Crippen LogP contribution in [-0.4, -0.2) is 55.1 Å². The summed E-state index contributed by atoms with van der Waals surface area (Å²) in [7, 11) is -5.89. The number of quaternary nitrogens is 1. The van der Waals surface area contributed by atoms with Crippen LogP contribution in [0.1, 0.15) is 53.9 Å². The fraction of sp³-hybridized carbons (Fsp3) is 1.00. The lowest BCUT2D eigenvalue weighted by Gasteiger charge is -2.34.